The summed E-state index contributed by atoms with van der Waals surface area (Å²) in [7, 11) is -3.63. The maximum absolute atomic E-state index is 12.0. The largest absolute Gasteiger partial charge is 0.295 e. The van der Waals surface area contributed by atoms with Gasteiger partial charge in [-0.05, 0) is 22.0 Å². The third kappa shape index (κ3) is 3.33. The number of anilines is 1. The average Bonchev–Trinajstić information content (AvgIpc) is 2.67. The first-order valence-electron chi connectivity index (χ1n) is 5.66. The maximum atomic E-state index is 12.0. The van der Waals surface area contributed by atoms with Crippen LogP contribution in [0.3, 0.4) is 0 Å². The molecule has 1 aliphatic heterocycles. The molecular formula is C11H11BrN4O3S. The van der Waals surface area contributed by atoms with Gasteiger partial charge in [0.1, 0.15) is 6.07 Å². The van der Waals surface area contributed by atoms with E-state index in [0.29, 0.717) is 4.47 Å². The van der Waals surface area contributed by atoms with E-state index in [9.17, 15) is 13.2 Å². The second-order valence-corrected chi connectivity index (χ2v) is 7.12. The number of nitrogens with zero attached hydrogens (tertiary/aromatic N) is 3. The van der Waals surface area contributed by atoms with Crippen LogP contribution in [0.25, 0.3) is 0 Å². The topological polar surface area (TPSA) is 117 Å². The Bertz CT molecular complexity index is 698. The minimum atomic E-state index is -3.63. The summed E-state index contributed by atoms with van der Waals surface area (Å²) in [5.74, 6) is -0.648. The fourth-order valence-corrected chi connectivity index (χ4v) is 3.37. The van der Waals surface area contributed by atoms with Gasteiger partial charge in [0.2, 0.25) is 15.9 Å². The van der Waals surface area contributed by atoms with E-state index in [4.69, 9.17) is 10.4 Å². The molecule has 1 amide bonds. The summed E-state index contributed by atoms with van der Waals surface area (Å²) in [4.78, 5) is 17.4. The zero-order valence-electron chi connectivity index (χ0n) is 10.3. The Balaban J connectivity index is 2.27. The highest BCUT2D eigenvalue weighted by molar-refractivity contribution is 9.10. The molecular weight excluding hydrogens is 348 g/mol. The van der Waals surface area contributed by atoms with Crippen molar-refractivity contribution in [1.29, 1.82) is 5.26 Å². The van der Waals surface area contributed by atoms with E-state index in [1.165, 1.54) is 11.1 Å². The lowest BCUT2D eigenvalue weighted by Crippen LogP contribution is -2.28. The van der Waals surface area contributed by atoms with E-state index in [-0.39, 0.29) is 41.9 Å². The number of carbonyl (C=O) groups is 1. The van der Waals surface area contributed by atoms with Crippen LogP contribution in [-0.4, -0.2) is 31.6 Å². The van der Waals surface area contributed by atoms with Crippen LogP contribution < -0.4 is 10.0 Å². The number of rotatable bonds is 3. The van der Waals surface area contributed by atoms with Crippen molar-refractivity contribution < 1.29 is 13.2 Å². The van der Waals surface area contributed by atoms with Gasteiger partial charge in [-0.1, -0.05) is 0 Å². The Labute approximate surface area is 124 Å². The quantitative estimate of drug-likeness (QED) is 0.836. The number of sulfonamides is 1. The summed E-state index contributed by atoms with van der Waals surface area (Å²) < 4.78 is 22.8. The fourth-order valence-electron chi connectivity index (χ4n) is 2.16. The smallest absolute Gasteiger partial charge is 0.228 e. The molecule has 0 bridgehead atoms. The molecule has 1 fully saturated rings. The predicted molar refractivity (Wildman–Crippen MR) is 75.1 cm³/mol. The summed E-state index contributed by atoms with van der Waals surface area (Å²) in [6, 6.07) is 3.53. The Morgan fingerprint density at radius 2 is 2.30 bits per heavy atom. The minimum absolute atomic E-state index is 0.0824. The molecule has 1 aromatic heterocycles. The number of hydrogen-bond acceptors (Lipinski definition) is 5. The molecule has 1 atom stereocenters. The van der Waals surface area contributed by atoms with Crippen molar-refractivity contribution in [2.24, 2.45) is 11.1 Å². The molecule has 2 rings (SSSR count). The lowest BCUT2D eigenvalue weighted by atomic mass is 10.1. The molecule has 0 saturated carbocycles. The van der Waals surface area contributed by atoms with Crippen LogP contribution in [0.2, 0.25) is 0 Å². The minimum Gasteiger partial charge on any atom is -0.295 e. The molecule has 2 N–H and O–H groups in total. The molecule has 0 aromatic carbocycles. The van der Waals surface area contributed by atoms with Crippen LogP contribution in [0.4, 0.5) is 5.82 Å². The number of primary sulfonamides is 1. The van der Waals surface area contributed by atoms with E-state index in [2.05, 4.69) is 20.9 Å². The number of amides is 1. The average molecular weight is 359 g/mol. The Kier molecular flexibility index (Phi) is 4.08. The van der Waals surface area contributed by atoms with Gasteiger partial charge < -0.3 is 0 Å². The van der Waals surface area contributed by atoms with Crippen LogP contribution >= 0.6 is 15.9 Å². The first kappa shape index (κ1) is 14.9. The number of pyridine rings is 1. The maximum Gasteiger partial charge on any atom is 0.228 e. The zero-order valence-corrected chi connectivity index (χ0v) is 12.7. The standard InChI is InChI=1S/C11H11BrN4O3S/c12-9-2-8(3-13)11(15-4-9)16-5-7(1-10(16)17)6-20(14,18)19/h2,4,7H,1,5-6H2,(H2,14,18,19). The van der Waals surface area contributed by atoms with Crippen molar-refractivity contribution in [1.82, 2.24) is 4.98 Å². The van der Waals surface area contributed by atoms with Crippen molar-refractivity contribution in [2.75, 3.05) is 17.2 Å². The Morgan fingerprint density at radius 1 is 1.60 bits per heavy atom. The molecule has 106 valence electrons. The molecule has 9 heteroatoms. The number of hydrogen-bond donors (Lipinski definition) is 1. The molecule has 2 heterocycles. The van der Waals surface area contributed by atoms with Crippen LogP contribution in [0.15, 0.2) is 16.7 Å². The second kappa shape index (κ2) is 5.47. The van der Waals surface area contributed by atoms with E-state index < -0.39 is 10.0 Å². The number of carbonyl (C=O) groups excluding carboxylic acids is 1. The molecule has 20 heavy (non-hydrogen) atoms. The zero-order chi connectivity index (χ0) is 14.9. The molecule has 0 radical (unpaired) electrons. The Morgan fingerprint density at radius 3 is 2.90 bits per heavy atom. The monoisotopic (exact) mass is 358 g/mol. The first-order chi connectivity index (χ1) is 9.30. The molecule has 1 saturated heterocycles. The molecule has 7 nitrogen and oxygen atoms in total. The summed E-state index contributed by atoms with van der Waals surface area (Å²) in [6.07, 6.45) is 1.56. The number of aromatic nitrogens is 1. The molecule has 1 aromatic rings. The van der Waals surface area contributed by atoms with Crippen molar-refractivity contribution in [3.05, 3.63) is 22.3 Å². The number of nitriles is 1. The highest BCUT2D eigenvalue weighted by Gasteiger charge is 2.34. The van der Waals surface area contributed by atoms with E-state index in [0.717, 1.165) is 0 Å². The van der Waals surface area contributed by atoms with Crippen LogP contribution in [0, 0.1) is 17.2 Å². The predicted octanol–water partition coefficient (Wildman–Crippen LogP) is 0.357. The summed E-state index contributed by atoms with van der Waals surface area (Å²) in [6.45, 7) is 0.193. The van der Waals surface area contributed by atoms with Gasteiger partial charge in [0, 0.05) is 29.6 Å². The van der Waals surface area contributed by atoms with Crippen LogP contribution in [0.5, 0.6) is 0 Å². The fraction of sp³-hybridized carbons (Fsp3) is 0.364. The summed E-state index contributed by atoms with van der Waals surface area (Å²) >= 11 is 3.20. The van der Waals surface area contributed by atoms with Gasteiger partial charge in [-0.25, -0.2) is 18.5 Å². The van der Waals surface area contributed by atoms with Gasteiger partial charge in [-0.3, -0.25) is 9.69 Å². The SMILES string of the molecule is N#Cc1cc(Br)cnc1N1CC(CS(N)(=O)=O)CC1=O. The molecule has 0 spiro atoms. The van der Waals surface area contributed by atoms with Crippen LogP contribution in [0.1, 0.15) is 12.0 Å². The normalized spacial score (nSPS) is 19.1. The van der Waals surface area contributed by atoms with Gasteiger partial charge in [-0.15, -0.1) is 0 Å². The van der Waals surface area contributed by atoms with Gasteiger partial charge >= 0.3 is 0 Å². The molecule has 1 unspecified atom stereocenters. The highest BCUT2D eigenvalue weighted by atomic mass is 79.9. The van der Waals surface area contributed by atoms with Crippen molar-refractivity contribution in [3.8, 4) is 6.07 Å². The van der Waals surface area contributed by atoms with Crippen molar-refractivity contribution in [2.45, 2.75) is 6.42 Å². The van der Waals surface area contributed by atoms with Crippen molar-refractivity contribution in [3.63, 3.8) is 0 Å². The van der Waals surface area contributed by atoms with E-state index in [1.54, 1.807) is 6.07 Å². The van der Waals surface area contributed by atoms with Crippen molar-refractivity contribution >= 4 is 37.7 Å². The van der Waals surface area contributed by atoms with E-state index in [1.807, 2.05) is 6.07 Å². The van der Waals surface area contributed by atoms with Crippen LogP contribution in [-0.2, 0) is 14.8 Å². The summed E-state index contributed by atoms with van der Waals surface area (Å²) in [5, 5.41) is 14.1. The second-order valence-electron chi connectivity index (χ2n) is 4.54. The number of halogens is 1. The lowest BCUT2D eigenvalue weighted by molar-refractivity contribution is -0.117. The lowest BCUT2D eigenvalue weighted by Gasteiger charge is -2.16. The van der Waals surface area contributed by atoms with Gasteiger partial charge in [0.25, 0.3) is 0 Å². The highest BCUT2D eigenvalue weighted by Crippen LogP contribution is 2.28. The summed E-state index contributed by atoms with van der Waals surface area (Å²) in [5.41, 5.74) is 0.254. The first-order valence-corrected chi connectivity index (χ1v) is 8.17. The van der Waals surface area contributed by atoms with Gasteiger partial charge in [0.05, 0.1) is 11.3 Å². The third-order valence-electron chi connectivity index (χ3n) is 2.88. The van der Waals surface area contributed by atoms with Gasteiger partial charge in [-0.2, -0.15) is 5.26 Å². The Hall–Kier alpha value is -1.50. The van der Waals surface area contributed by atoms with E-state index >= 15 is 0 Å². The molecule has 1 aliphatic rings. The molecule has 0 aliphatic carbocycles. The van der Waals surface area contributed by atoms with Gasteiger partial charge in [0.15, 0.2) is 5.82 Å². The number of nitrogens with two attached hydrogens (primary N) is 1. The third-order valence-corrected chi connectivity index (χ3v) is 4.25.